The number of hydrogen-bond donors (Lipinski definition) is 2. The minimum absolute atomic E-state index is 0.194. The summed E-state index contributed by atoms with van der Waals surface area (Å²) in [5, 5.41) is 12.5. The number of aliphatic carboxylic acids is 1. The van der Waals surface area contributed by atoms with Gasteiger partial charge < -0.3 is 9.84 Å². The van der Waals surface area contributed by atoms with Crippen molar-refractivity contribution in [2.75, 3.05) is 6.61 Å². The molecule has 25 heavy (non-hydrogen) atoms. The van der Waals surface area contributed by atoms with Gasteiger partial charge in [-0.2, -0.15) is 5.10 Å². The maximum Gasteiger partial charge on any atom is 0.341 e. The summed E-state index contributed by atoms with van der Waals surface area (Å²) in [5.74, 6) is -0.767. The molecule has 0 aliphatic heterocycles. The molecule has 0 saturated heterocycles. The minimum atomic E-state index is -1.03. The van der Waals surface area contributed by atoms with Crippen LogP contribution in [0.25, 0.3) is 0 Å². The van der Waals surface area contributed by atoms with E-state index < -0.39 is 5.97 Å². The van der Waals surface area contributed by atoms with E-state index in [2.05, 4.69) is 10.5 Å². The zero-order chi connectivity index (χ0) is 18.2. The summed E-state index contributed by atoms with van der Waals surface area (Å²) in [7, 11) is 0. The maximum atomic E-state index is 11.9. The van der Waals surface area contributed by atoms with Gasteiger partial charge in [0.25, 0.3) is 0 Å². The van der Waals surface area contributed by atoms with Crippen LogP contribution in [-0.2, 0) is 16.0 Å². The molecule has 6 heteroatoms. The number of nitrogens with one attached hydrogen (secondary N) is 1. The van der Waals surface area contributed by atoms with E-state index in [-0.39, 0.29) is 18.9 Å². The predicted molar refractivity (Wildman–Crippen MR) is 94.9 cm³/mol. The fourth-order valence-corrected chi connectivity index (χ4v) is 2.11. The second kappa shape index (κ2) is 8.63. The van der Waals surface area contributed by atoms with E-state index in [9.17, 15) is 9.59 Å². The number of carboxylic acid groups (broad SMARTS) is 1. The zero-order valence-corrected chi connectivity index (χ0v) is 14.2. The zero-order valence-electron chi connectivity index (χ0n) is 14.2. The number of hydrazone groups is 1. The summed E-state index contributed by atoms with van der Waals surface area (Å²) >= 11 is 0. The van der Waals surface area contributed by atoms with Crippen LogP contribution in [0.1, 0.15) is 22.3 Å². The molecular formula is C19H20N2O4. The molecule has 2 aromatic carbocycles. The third-order valence-electron chi connectivity index (χ3n) is 3.58. The van der Waals surface area contributed by atoms with Crippen molar-refractivity contribution in [3.8, 4) is 5.75 Å². The molecule has 0 aliphatic carbocycles. The molecule has 0 spiro atoms. The molecule has 2 N–H and O–H groups in total. The Morgan fingerprint density at radius 2 is 1.84 bits per heavy atom. The van der Waals surface area contributed by atoms with Crippen LogP contribution in [0.5, 0.6) is 5.75 Å². The van der Waals surface area contributed by atoms with E-state index in [1.165, 1.54) is 11.8 Å². The first kappa shape index (κ1) is 18.2. The second-order valence-electron chi connectivity index (χ2n) is 5.64. The lowest BCUT2D eigenvalue weighted by atomic mass is 10.0. The number of benzene rings is 2. The quantitative estimate of drug-likeness (QED) is 0.599. The molecule has 0 fully saturated rings. The molecule has 1 amide bonds. The fraction of sp³-hybridized carbons (Fsp3) is 0.211. The third kappa shape index (κ3) is 6.10. The normalized spacial score (nSPS) is 10.6. The van der Waals surface area contributed by atoms with Crippen molar-refractivity contribution in [3.05, 3.63) is 64.7 Å². The van der Waals surface area contributed by atoms with E-state index in [1.807, 2.05) is 32.0 Å². The number of carboxylic acids is 1. The van der Waals surface area contributed by atoms with E-state index in [1.54, 1.807) is 24.3 Å². The Labute approximate surface area is 146 Å². The van der Waals surface area contributed by atoms with E-state index in [4.69, 9.17) is 9.84 Å². The smallest absolute Gasteiger partial charge is 0.341 e. The number of nitrogens with zero attached hydrogens (tertiary/aromatic N) is 1. The van der Waals surface area contributed by atoms with Crippen LogP contribution >= 0.6 is 0 Å². The molecule has 0 saturated carbocycles. The molecule has 0 radical (unpaired) electrons. The van der Waals surface area contributed by atoms with Crippen molar-refractivity contribution in [2.45, 2.75) is 20.3 Å². The number of amides is 1. The van der Waals surface area contributed by atoms with Gasteiger partial charge in [0.05, 0.1) is 12.6 Å². The van der Waals surface area contributed by atoms with Gasteiger partial charge in [-0.3, -0.25) is 4.79 Å². The van der Waals surface area contributed by atoms with Crippen LogP contribution in [-0.4, -0.2) is 29.8 Å². The number of aryl methyl sites for hydroxylation is 2. The highest BCUT2D eigenvalue weighted by atomic mass is 16.5. The van der Waals surface area contributed by atoms with Gasteiger partial charge in [-0.05, 0) is 60.4 Å². The van der Waals surface area contributed by atoms with Crippen molar-refractivity contribution in [1.82, 2.24) is 5.43 Å². The first-order valence-corrected chi connectivity index (χ1v) is 7.77. The van der Waals surface area contributed by atoms with E-state index in [0.29, 0.717) is 5.75 Å². The molecule has 0 aliphatic rings. The molecule has 130 valence electrons. The van der Waals surface area contributed by atoms with Crippen molar-refractivity contribution in [2.24, 2.45) is 5.10 Å². The van der Waals surface area contributed by atoms with Gasteiger partial charge in [0.2, 0.25) is 5.91 Å². The minimum Gasteiger partial charge on any atom is -0.482 e. The largest absolute Gasteiger partial charge is 0.482 e. The van der Waals surface area contributed by atoms with Gasteiger partial charge >= 0.3 is 5.97 Å². The molecule has 6 nitrogen and oxygen atoms in total. The topological polar surface area (TPSA) is 88.0 Å². The molecular weight excluding hydrogens is 320 g/mol. The van der Waals surface area contributed by atoms with Crippen molar-refractivity contribution in [3.63, 3.8) is 0 Å². The molecule has 2 aromatic rings. The molecule has 0 bridgehead atoms. The fourth-order valence-electron chi connectivity index (χ4n) is 2.11. The van der Waals surface area contributed by atoms with Crippen LogP contribution in [0.4, 0.5) is 0 Å². The average Bonchev–Trinajstić information content (AvgIpc) is 2.57. The van der Waals surface area contributed by atoms with Gasteiger partial charge in [0.15, 0.2) is 6.61 Å². The first-order valence-electron chi connectivity index (χ1n) is 7.77. The van der Waals surface area contributed by atoms with Gasteiger partial charge in [0.1, 0.15) is 5.75 Å². The van der Waals surface area contributed by atoms with Crippen LogP contribution in [0.15, 0.2) is 47.6 Å². The molecule has 0 unspecified atom stereocenters. The van der Waals surface area contributed by atoms with E-state index >= 15 is 0 Å². The highest BCUT2D eigenvalue weighted by molar-refractivity contribution is 5.83. The Morgan fingerprint density at radius 1 is 1.12 bits per heavy atom. The Balaban J connectivity index is 1.84. The Bertz CT molecular complexity index is 783. The van der Waals surface area contributed by atoms with Crippen molar-refractivity contribution in [1.29, 1.82) is 0 Å². The molecule has 0 atom stereocenters. The van der Waals surface area contributed by atoms with Crippen molar-refractivity contribution < 1.29 is 19.4 Å². The Hall–Kier alpha value is -3.15. The summed E-state index contributed by atoms with van der Waals surface area (Å²) < 4.78 is 5.04. The summed E-state index contributed by atoms with van der Waals surface area (Å²) in [6.07, 6.45) is 1.78. The molecule has 0 aromatic heterocycles. The molecule has 0 heterocycles. The summed E-state index contributed by atoms with van der Waals surface area (Å²) in [6, 6.07) is 12.6. The number of ether oxygens (including phenoxy) is 1. The lowest BCUT2D eigenvalue weighted by molar-refractivity contribution is -0.139. The highest BCUT2D eigenvalue weighted by Gasteiger charge is 2.03. The average molecular weight is 340 g/mol. The Morgan fingerprint density at radius 3 is 2.48 bits per heavy atom. The standard InChI is InChI=1S/C19H20N2O4/c1-13-3-4-16(9-14(13)2)10-18(22)21-20-11-15-5-7-17(8-6-15)25-12-19(23)24/h3-9,11H,10,12H2,1-2H3,(H,21,22)(H,23,24)/b20-11-. The second-order valence-corrected chi connectivity index (χ2v) is 5.64. The first-order chi connectivity index (χ1) is 11.9. The van der Waals surface area contributed by atoms with E-state index in [0.717, 1.165) is 16.7 Å². The lowest BCUT2D eigenvalue weighted by Gasteiger charge is -2.04. The lowest BCUT2D eigenvalue weighted by Crippen LogP contribution is -2.19. The maximum absolute atomic E-state index is 11.9. The number of hydrogen-bond acceptors (Lipinski definition) is 4. The summed E-state index contributed by atoms with van der Waals surface area (Å²) in [4.78, 5) is 22.3. The van der Waals surface area contributed by atoms with Crippen LogP contribution in [0.3, 0.4) is 0 Å². The van der Waals surface area contributed by atoms with Crippen molar-refractivity contribution >= 4 is 18.1 Å². The highest BCUT2D eigenvalue weighted by Crippen LogP contribution is 2.11. The van der Waals surface area contributed by atoms with Gasteiger partial charge in [-0.15, -0.1) is 0 Å². The van der Waals surface area contributed by atoms with Gasteiger partial charge in [-0.1, -0.05) is 18.2 Å². The van der Waals surface area contributed by atoms with Gasteiger partial charge in [0, 0.05) is 0 Å². The molecule has 2 rings (SSSR count). The van der Waals surface area contributed by atoms with Crippen LogP contribution < -0.4 is 10.2 Å². The third-order valence-corrected chi connectivity index (χ3v) is 3.58. The van der Waals surface area contributed by atoms with Crippen LogP contribution in [0.2, 0.25) is 0 Å². The number of carbonyl (C=O) groups is 2. The van der Waals surface area contributed by atoms with Gasteiger partial charge in [-0.25, -0.2) is 10.2 Å². The Kier molecular flexibility index (Phi) is 6.28. The predicted octanol–water partition coefficient (Wildman–Crippen LogP) is 2.46. The number of rotatable bonds is 7. The summed E-state index contributed by atoms with van der Waals surface area (Å²) in [5.41, 5.74) is 6.53. The SMILES string of the molecule is Cc1ccc(CC(=O)N/N=C\c2ccc(OCC(=O)O)cc2)cc1C. The summed E-state index contributed by atoms with van der Waals surface area (Å²) in [6.45, 7) is 3.65. The monoisotopic (exact) mass is 340 g/mol. The van der Waals surface area contributed by atoms with Crippen LogP contribution in [0, 0.1) is 13.8 Å². The number of carbonyl (C=O) groups excluding carboxylic acids is 1.